The number of rotatable bonds is 4. The molecule has 0 radical (unpaired) electrons. The minimum absolute atomic E-state index is 0. The number of aromatic nitrogens is 1. The van der Waals surface area contributed by atoms with E-state index in [1.54, 1.807) is 6.20 Å². The zero-order valence-electron chi connectivity index (χ0n) is 15.0. The number of hydrogen-bond acceptors (Lipinski definition) is 2. The first kappa shape index (κ1) is 23.8. The van der Waals surface area contributed by atoms with Crippen LogP contribution in [0.4, 0.5) is 5.69 Å². The summed E-state index contributed by atoms with van der Waals surface area (Å²) in [6, 6.07) is 12.3. The van der Waals surface area contributed by atoms with Crippen LogP contribution >= 0.6 is 0 Å². The molecule has 0 bridgehead atoms. The summed E-state index contributed by atoms with van der Waals surface area (Å²) >= 11 is 0. The van der Waals surface area contributed by atoms with E-state index in [2.05, 4.69) is 50.9 Å². The van der Waals surface area contributed by atoms with Gasteiger partial charge in [0, 0.05) is 6.20 Å². The molecule has 0 unspecified atom stereocenters. The predicted octanol–water partition coefficient (Wildman–Crippen LogP) is 5.98. The molecule has 0 N–H and O–H groups in total. The fourth-order valence-corrected chi connectivity index (χ4v) is 2.24. The van der Waals surface area contributed by atoms with Gasteiger partial charge in [0.25, 0.3) is 0 Å². The Hall–Kier alpha value is -1.44. The Labute approximate surface area is 152 Å². The standard InChI is InChI=1S/C18H22N2.2CH3.Fe/c1-13(2)16-9-7-10-17(14(3)4)18(16)20-12-15-8-5-6-11-19-15;;;/h5-14H,1-4H3;2*1H3;/q;2*-1;+2. The van der Waals surface area contributed by atoms with Gasteiger partial charge >= 0.3 is 17.1 Å². The fraction of sp³-hybridized carbons (Fsp3) is 0.300. The van der Waals surface area contributed by atoms with Crippen molar-refractivity contribution in [2.24, 2.45) is 4.99 Å². The molecule has 0 saturated carbocycles. The minimum Gasteiger partial charge on any atom is -0.358 e. The third-order valence-corrected chi connectivity index (χ3v) is 3.36. The number of hydrogen-bond donors (Lipinski definition) is 0. The van der Waals surface area contributed by atoms with E-state index in [0.29, 0.717) is 11.8 Å². The number of para-hydroxylation sites is 1. The second kappa shape index (κ2) is 11.2. The fourth-order valence-electron chi connectivity index (χ4n) is 2.24. The molecule has 0 atom stereocenters. The first-order chi connectivity index (χ1) is 9.59. The molecule has 2 aromatic rings. The first-order valence-corrected chi connectivity index (χ1v) is 7.17. The Morgan fingerprint density at radius 3 is 1.87 bits per heavy atom. The third kappa shape index (κ3) is 6.29. The summed E-state index contributed by atoms with van der Waals surface area (Å²) in [4.78, 5) is 9.02. The molecule has 2 rings (SSSR count). The Morgan fingerprint density at radius 1 is 0.870 bits per heavy atom. The number of pyridine rings is 1. The van der Waals surface area contributed by atoms with Crippen molar-refractivity contribution in [2.45, 2.75) is 39.5 Å². The van der Waals surface area contributed by atoms with Crippen molar-refractivity contribution in [2.75, 3.05) is 0 Å². The van der Waals surface area contributed by atoms with Crippen LogP contribution in [0.1, 0.15) is 56.4 Å². The molecule has 1 aromatic heterocycles. The van der Waals surface area contributed by atoms with E-state index in [4.69, 9.17) is 4.99 Å². The largest absolute Gasteiger partial charge is 2.00 e. The van der Waals surface area contributed by atoms with Crippen molar-refractivity contribution in [3.8, 4) is 0 Å². The molecular formula is C20H28FeN2. The smallest absolute Gasteiger partial charge is 0.358 e. The van der Waals surface area contributed by atoms with E-state index in [0.717, 1.165) is 11.4 Å². The molecule has 23 heavy (non-hydrogen) atoms. The molecule has 1 heterocycles. The second-order valence-electron chi connectivity index (χ2n) is 5.61. The molecule has 2 nitrogen and oxygen atoms in total. The van der Waals surface area contributed by atoms with E-state index in [1.165, 1.54) is 11.1 Å². The minimum atomic E-state index is 0. The summed E-state index contributed by atoms with van der Waals surface area (Å²) in [7, 11) is 0. The summed E-state index contributed by atoms with van der Waals surface area (Å²) in [5.74, 6) is 0.925. The Bertz CT molecular complexity index is 564. The summed E-state index contributed by atoms with van der Waals surface area (Å²) in [5.41, 5.74) is 4.58. The summed E-state index contributed by atoms with van der Waals surface area (Å²) < 4.78 is 0. The molecule has 126 valence electrons. The van der Waals surface area contributed by atoms with Gasteiger partial charge in [0.2, 0.25) is 0 Å². The van der Waals surface area contributed by atoms with Crippen LogP contribution in [-0.4, -0.2) is 11.2 Å². The van der Waals surface area contributed by atoms with Gasteiger partial charge in [0.1, 0.15) is 0 Å². The average Bonchev–Trinajstić information content (AvgIpc) is 2.45. The van der Waals surface area contributed by atoms with Gasteiger partial charge < -0.3 is 14.9 Å². The van der Waals surface area contributed by atoms with Crippen molar-refractivity contribution in [3.63, 3.8) is 0 Å². The van der Waals surface area contributed by atoms with Crippen LogP contribution in [0.25, 0.3) is 0 Å². The van der Waals surface area contributed by atoms with Gasteiger partial charge in [0.15, 0.2) is 0 Å². The maximum Gasteiger partial charge on any atom is 2.00 e. The van der Waals surface area contributed by atoms with Crippen LogP contribution in [0.2, 0.25) is 0 Å². The van der Waals surface area contributed by atoms with Crippen LogP contribution in [0.3, 0.4) is 0 Å². The van der Waals surface area contributed by atoms with E-state index in [9.17, 15) is 0 Å². The van der Waals surface area contributed by atoms with Crippen LogP contribution < -0.4 is 0 Å². The third-order valence-electron chi connectivity index (χ3n) is 3.36. The molecule has 0 aliphatic rings. The number of aliphatic imine (C=N–C) groups is 1. The van der Waals surface area contributed by atoms with Crippen LogP contribution in [0.15, 0.2) is 47.6 Å². The molecule has 0 spiro atoms. The van der Waals surface area contributed by atoms with Crippen molar-refractivity contribution in [1.29, 1.82) is 0 Å². The topological polar surface area (TPSA) is 25.2 Å². The Morgan fingerprint density at radius 2 is 1.43 bits per heavy atom. The molecule has 0 amide bonds. The molecule has 0 saturated heterocycles. The van der Waals surface area contributed by atoms with Gasteiger partial charge in [-0.25, -0.2) is 0 Å². The molecule has 0 fully saturated rings. The molecule has 0 aliphatic heterocycles. The average molecular weight is 352 g/mol. The van der Waals surface area contributed by atoms with Gasteiger partial charge in [0.05, 0.1) is 17.6 Å². The quantitative estimate of drug-likeness (QED) is 0.378. The molecular weight excluding hydrogens is 324 g/mol. The van der Waals surface area contributed by atoms with E-state index in [1.807, 2.05) is 24.4 Å². The summed E-state index contributed by atoms with van der Waals surface area (Å²) in [6.45, 7) is 8.83. The zero-order valence-corrected chi connectivity index (χ0v) is 16.1. The maximum atomic E-state index is 4.73. The van der Waals surface area contributed by atoms with Gasteiger partial charge in [-0.15, -0.1) is 0 Å². The van der Waals surface area contributed by atoms with Gasteiger partial charge in [-0.1, -0.05) is 52.0 Å². The molecule has 0 aliphatic carbocycles. The van der Waals surface area contributed by atoms with Crippen molar-refractivity contribution >= 4 is 11.9 Å². The van der Waals surface area contributed by atoms with Crippen molar-refractivity contribution < 1.29 is 17.1 Å². The monoisotopic (exact) mass is 352 g/mol. The summed E-state index contributed by atoms with van der Waals surface area (Å²) in [5, 5.41) is 0. The Balaban J connectivity index is 0. The van der Waals surface area contributed by atoms with Gasteiger partial charge in [-0.2, -0.15) is 0 Å². The molecule has 3 heteroatoms. The SMILES string of the molecule is CC(C)c1cccc(C(C)C)c1N=Cc1ccccn1.[CH3-].[CH3-].[Fe+2]. The zero-order chi connectivity index (χ0) is 14.5. The van der Waals surface area contributed by atoms with Gasteiger partial charge in [-0.05, 0) is 35.1 Å². The van der Waals surface area contributed by atoms with Crippen LogP contribution in [0.5, 0.6) is 0 Å². The van der Waals surface area contributed by atoms with Crippen molar-refractivity contribution in [1.82, 2.24) is 4.98 Å². The van der Waals surface area contributed by atoms with E-state index in [-0.39, 0.29) is 31.9 Å². The first-order valence-electron chi connectivity index (χ1n) is 7.17. The van der Waals surface area contributed by atoms with Crippen LogP contribution in [0, 0.1) is 14.9 Å². The maximum absolute atomic E-state index is 4.73. The normalized spacial score (nSPS) is 10.2. The van der Waals surface area contributed by atoms with E-state index < -0.39 is 0 Å². The Kier molecular flexibility index (Phi) is 11.5. The second-order valence-corrected chi connectivity index (χ2v) is 5.61. The summed E-state index contributed by atoms with van der Waals surface area (Å²) in [6.07, 6.45) is 3.64. The van der Waals surface area contributed by atoms with Crippen molar-refractivity contribution in [3.05, 3.63) is 74.3 Å². The predicted molar refractivity (Wildman–Crippen MR) is 98.9 cm³/mol. The van der Waals surface area contributed by atoms with Crippen LogP contribution in [-0.2, 0) is 17.1 Å². The number of nitrogens with zero attached hydrogens (tertiary/aromatic N) is 2. The van der Waals surface area contributed by atoms with E-state index >= 15 is 0 Å². The number of benzene rings is 1. The molecule has 1 aromatic carbocycles. The van der Waals surface area contributed by atoms with Gasteiger partial charge in [-0.3, -0.25) is 9.98 Å².